The highest BCUT2D eigenvalue weighted by Gasteiger charge is 2.43. The van der Waals surface area contributed by atoms with Crippen LogP contribution in [0.5, 0.6) is 11.5 Å². The summed E-state index contributed by atoms with van der Waals surface area (Å²) in [6.45, 7) is 3.31. The number of benzene rings is 2. The molecule has 0 fully saturated rings. The molecule has 1 unspecified atom stereocenters. The molecule has 8 heteroatoms. The molecule has 0 aromatic heterocycles. The van der Waals surface area contributed by atoms with E-state index < -0.39 is 12.3 Å². The Morgan fingerprint density at radius 3 is 2.41 bits per heavy atom. The number of hydrogen-bond acceptors (Lipinski definition) is 4. The molecule has 1 aliphatic rings. The van der Waals surface area contributed by atoms with Crippen LogP contribution in [0.3, 0.4) is 0 Å². The fourth-order valence-electron chi connectivity index (χ4n) is 2.72. The van der Waals surface area contributed by atoms with E-state index in [1.54, 1.807) is 0 Å². The Hall–Kier alpha value is -3.16. The standard InChI is InChI=1S/C19H18F2N2O4/c1-11-3-5-13(6-4-11)15(22-12(2)24)10-18(25)23-14-7-8-16-17(9-14)27-19(20,21)26-16/h3-9,15H,10H2,1-2H3,(H,22,24)(H,23,25). The summed E-state index contributed by atoms with van der Waals surface area (Å²) in [5.74, 6) is -0.915. The number of amides is 2. The molecule has 2 aromatic carbocycles. The summed E-state index contributed by atoms with van der Waals surface area (Å²) in [5, 5.41) is 5.35. The van der Waals surface area contributed by atoms with Gasteiger partial charge in [0.25, 0.3) is 0 Å². The van der Waals surface area contributed by atoms with E-state index >= 15 is 0 Å². The van der Waals surface area contributed by atoms with E-state index in [1.165, 1.54) is 25.1 Å². The van der Waals surface area contributed by atoms with Gasteiger partial charge in [0.15, 0.2) is 11.5 Å². The Kier molecular flexibility index (Phi) is 4.98. The third kappa shape index (κ3) is 4.72. The molecule has 6 nitrogen and oxygen atoms in total. The zero-order valence-corrected chi connectivity index (χ0v) is 14.7. The molecule has 2 aromatic rings. The first-order chi connectivity index (χ1) is 12.7. The van der Waals surface area contributed by atoms with E-state index in [9.17, 15) is 18.4 Å². The van der Waals surface area contributed by atoms with Crippen LogP contribution in [0.15, 0.2) is 42.5 Å². The molecule has 1 aliphatic heterocycles. The number of anilines is 1. The van der Waals surface area contributed by atoms with Crippen molar-refractivity contribution in [2.24, 2.45) is 0 Å². The summed E-state index contributed by atoms with van der Waals surface area (Å²) in [6, 6.07) is 10.9. The van der Waals surface area contributed by atoms with Gasteiger partial charge in [0, 0.05) is 18.7 Å². The van der Waals surface area contributed by atoms with E-state index in [1.807, 2.05) is 31.2 Å². The number of nitrogens with one attached hydrogen (secondary N) is 2. The molecule has 0 spiro atoms. The second-order valence-electron chi connectivity index (χ2n) is 6.25. The van der Waals surface area contributed by atoms with Crippen molar-refractivity contribution >= 4 is 17.5 Å². The zero-order valence-electron chi connectivity index (χ0n) is 14.7. The predicted molar refractivity (Wildman–Crippen MR) is 93.6 cm³/mol. The molecular formula is C19H18F2N2O4. The molecule has 27 heavy (non-hydrogen) atoms. The topological polar surface area (TPSA) is 76.7 Å². The van der Waals surface area contributed by atoms with Crippen LogP contribution in [-0.4, -0.2) is 18.1 Å². The molecule has 0 bridgehead atoms. The van der Waals surface area contributed by atoms with Crippen LogP contribution < -0.4 is 20.1 Å². The zero-order chi connectivity index (χ0) is 19.6. The SMILES string of the molecule is CC(=O)NC(CC(=O)Nc1ccc2c(c1)OC(F)(F)O2)c1ccc(C)cc1. The van der Waals surface area contributed by atoms with Crippen molar-refractivity contribution in [2.75, 3.05) is 5.32 Å². The summed E-state index contributed by atoms with van der Waals surface area (Å²) in [5.41, 5.74) is 2.13. The predicted octanol–water partition coefficient (Wildman–Crippen LogP) is 3.52. The molecule has 0 saturated heterocycles. The van der Waals surface area contributed by atoms with Gasteiger partial charge >= 0.3 is 6.29 Å². The molecule has 142 valence electrons. The average Bonchev–Trinajstić information content (AvgIpc) is 2.87. The molecule has 0 aliphatic carbocycles. The van der Waals surface area contributed by atoms with Crippen LogP contribution in [-0.2, 0) is 9.59 Å². The molecule has 1 heterocycles. The fourth-order valence-corrected chi connectivity index (χ4v) is 2.72. The summed E-state index contributed by atoms with van der Waals surface area (Å²) in [4.78, 5) is 23.9. The van der Waals surface area contributed by atoms with Crippen LogP contribution in [0.4, 0.5) is 14.5 Å². The highest BCUT2D eigenvalue weighted by molar-refractivity contribution is 5.92. The molecule has 2 N–H and O–H groups in total. The van der Waals surface area contributed by atoms with Crippen LogP contribution in [0.25, 0.3) is 0 Å². The maximum Gasteiger partial charge on any atom is 0.586 e. The van der Waals surface area contributed by atoms with E-state index in [0.717, 1.165) is 11.1 Å². The number of fused-ring (bicyclic) bond motifs is 1. The molecule has 0 radical (unpaired) electrons. The van der Waals surface area contributed by atoms with Crippen molar-refractivity contribution in [3.05, 3.63) is 53.6 Å². The quantitative estimate of drug-likeness (QED) is 0.837. The van der Waals surface area contributed by atoms with Crippen molar-refractivity contribution in [3.63, 3.8) is 0 Å². The van der Waals surface area contributed by atoms with Crippen molar-refractivity contribution < 1.29 is 27.8 Å². The van der Waals surface area contributed by atoms with Crippen molar-refractivity contribution in [1.82, 2.24) is 5.32 Å². The largest absolute Gasteiger partial charge is 0.586 e. The van der Waals surface area contributed by atoms with Gasteiger partial charge in [0.05, 0.1) is 12.5 Å². The van der Waals surface area contributed by atoms with Crippen LogP contribution in [0, 0.1) is 6.92 Å². The second-order valence-corrected chi connectivity index (χ2v) is 6.25. The van der Waals surface area contributed by atoms with Crippen molar-refractivity contribution in [3.8, 4) is 11.5 Å². The highest BCUT2D eigenvalue weighted by atomic mass is 19.3. The number of hydrogen-bond donors (Lipinski definition) is 2. The Morgan fingerprint density at radius 2 is 1.74 bits per heavy atom. The molecule has 2 amide bonds. The van der Waals surface area contributed by atoms with Crippen LogP contribution in [0.2, 0.25) is 0 Å². The number of carbonyl (C=O) groups is 2. The number of alkyl halides is 2. The summed E-state index contributed by atoms with van der Waals surface area (Å²) >= 11 is 0. The molecular weight excluding hydrogens is 358 g/mol. The Bertz CT molecular complexity index is 869. The number of halogens is 2. The van der Waals surface area contributed by atoms with E-state index in [4.69, 9.17) is 0 Å². The van der Waals surface area contributed by atoms with E-state index in [-0.39, 0.29) is 35.4 Å². The Labute approximate surface area is 154 Å². The molecule has 0 saturated carbocycles. The maximum absolute atomic E-state index is 13.1. The van der Waals surface area contributed by atoms with Crippen molar-refractivity contribution in [2.45, 2.75) is 32.6 Å². The van der Waals surface area contributed by atoms with Gasteiger partial charge in [0.1, 0.15) is 0 Å². The Balaban J connectivity index is 1.69. The van der Waals surface area contributed by atoms with Gasteiger partial charge in [-0.1, -0.05) is 29.8 Å². The lowest BCUT2D eigenvalue weighted by molar-refractivity contribution is -0.286. The smallest absolute Gasteiger partial charge is 0.395 e. The van der Waals surface area contributed by atoms with E-state index in [0.29, 0.717) is 0 Å². The third-order valence-electron chi connectivity index (χ3n) is 3.93. The van der Waals surface area contributed by atoms with Gasteiger partial charge < -0.3 is 20.1 Å². The summed E-state index contributed by atoms with van der Waals surface area (Å²) in [7, 11) is 0. The third-order valence-corrected chi connectivity index (χ3v) is 3.93. The lowest BCUT2D eigenvalue weighted by Gasteiger charge is -2.18. The monoisotopic (exact) mass is 376 g/mol. The molecule has 1 atom stereocenters. The Morgan fingerprint density at radius 1 is 1.07 bits per heavy atom. The van der Waals surface area contributed by atoms with Gasteiger partial charge in [-0.05, 0) is 24.6 Å². The van der Waals surface area contributed by atoms with Crippen LogP contribution in [0.1, 0.15) is 30.5 Å². The molecule has 3 rings (SSSR count). The van der Waals surface area contributed by atoms with Gasteiger partial charge in [-0.25, -0.2) is 0 Å². The number of ether oxygens (including phenoxy) is 2. The summed E-state index contributed by atoms with van der Waals surface area (Å²) < 4.78 is 34.8. The fraction of sp³-hybridized carbons (Fsp3) is 0.263. The average molecular weight is 376 g/mol. The number of carbonyl (C=O) groups excluding carboxylic acids is 2. The van der Waals surface area contributed by atoms with E-state index in [2.05, 4.69) is 20.1 Å². The van der Waals surface area contributed by atoms with Gasteiger partial charge in [-0.2, -0.15) is 0 Å². The lowest BCUT2D eigenvalue weighted by atomic mass is 10.0. The number of aryl methyl sites for hydroxylation is 1. The van der Waals surface area contributed by atoms with Gasteiger partial charge in [0.2, 0.25) is 11.8 Å². The first kappa shape index (κ1) is 18.6. The number of rotatable bonds is 5. The normalized spacial score (nSPS) is 15.1. The minimum Gasteiger partial charge on any atom is -0.395 e. The van der Waals surface area contributed by atoms with Gasteiger partial charge in [-0.3, -0.25) is 9.59 Å². The minimum absolute atomic E-state index is 0.0206. The minimum atomic E-state index is -3.72. The first-order valence-corrected chi connectivity index (χ1v) is 8.25. The lowest BCUT2D eigenvalue weighted by Crippen LogP contribution is -2.29. The summed E-state index contributed by atoms with van der Waals surface area (Å²) in [6.07, 6.45) is -3.74. The van der Waals surface area contributed by atoms with Gasteiger partial charge in [-0.15, -0.1) is 8.78 Å². The second kappa shape index (κ2) is 7.22. The highest BCUT2D eigenvalue weighted by Crippen LogP contribution is 2.42. The van der Waals surface area contributed by atoms with Crippen molar-refractivity contribution in [1.29, 1.82) is 0 Å². The first-order valence-electron chi connectivity index (χ1n) is 8.25. The maximum atomic E-state index is 13.1. The van der Waals surface area contributed by atoms with Crippen LogP contribution >= 0.6 is 0 Å².